The zero-order valence-corrected chi connectivity index (χ0v) is 9.56. The van der Waals surface area contributed by atoms with Crippen LogP contribution in [0.3, 0.4) is 0 Å². The minimum absolute atomic E-state index is 0.106. The number of H-pyrrole nitrogens is 1. The number of fused-ring (bicyclic) bond motifs is 1. The number of anilines is 2. The van der Waals surface area contributed by atoms with Crippen molar-refractivity contribution < 1.29 is 4.79 Å². The highest BCUT2D eigenvalue weighted by molar-refractivity contribution is 7.81. The van der Waals surface area contributed by atoms with Gasteiger partial charge in [-0.3, -0.25) is 9.59 Å². The van der Waals surface area contributed by atoms with Crippen LogP contribution < -0.4 is 16.2 Å². The number of carbonyl (C=O) groups is 1. The first-order chi connectivity index (χ1) is 7.70. The molecule has 0 unspecified atom stereocenters. The van der Waals surface area contributed by atoms with E-state index in [-0.39, 0.29) is 17.2 Å². The van der Waals surface area contributed by atoms with Gasteiger partial charge < -0.3 is 15.6 Å². The van der Waals surface area contributed by atoms with E-state index in [1.165, 1.54) is 6.07 Å². The van der Waals surface area contributed by atoms with Crippen LogP contribution in [-0.2, 0) is 11.2 Å². The monoisotopic (exact) mass is 239 g/mol. The van der Waals surface area contributed by atoms with Gasteiger partial charge in [0.2, 0.25) is 5.91 Å². The van der Waals surface area contributed by atoms with E-state index in [1.807, 2.05) is 0 Å². The number of carbonyl (C=O) groups excluding carboxylic acids is 1. The molecule has 1 aliphatic heterocycles. The van der Waals surface area contributed by atoms with Gasteiger partial charge in [0.15, 0.2) is 0 Å². The minimum Gasteiger partial charge on any atom is -0.371 e. The van der Waals surface area contributed by atoms with Crippen LogP contribution in [0, 0.1) is 0 Å². The molecule has 0 saturated heterocycles. The third kappa shape index (κ3) is 2.21. The molecule has 2 heterocycles. The molecular formula is C10H13N3O2S. The summed E-state index contributed by atoms with van der Waals surface area (Å²) in [5.74, 6) is 0.615. The lowest BCUT2D eigenvalue weighted by molar-refractivity contribution is -0.113. The lowest BCUT2D eigenvalue weighted by atomic mass is 10.1. The molecule has 16 heavy (non-hydrogen) atoms. The van der Waals surface area contributed by atoms with Gasteiger partial charge in [-0.05, 0) is 12.8 Å². The fraction of sp³-hybridized carbons (Fsp3) is 0.400. The Morgan fingerprint density at radius 3 is 3.12 bits per heavy atom. The third-order valence-corrected chi connectivity index (χ3v) is 2.76. The summed E-state index contributed by atoms with van der Waals surface area (Å²) in [4.78, 5) is 25.3. The summed E-state index contributed by atoms with van der Waals surface area (Å²) in [6.07, 6.45) is 1.84. The zero-order chi connectivity index (χ0) is 11.5. The first-order valence-corrected chi connectivity index (χ1v) is 5.74. The van der Waals surface area contributed by atoms with Crippen molar-refractivity contribution in [3.63, 3.8) is 0 Å². The Morgan fingerprint density at radius 1 is 1.56 bits per heavy atom. The quantitative estimate of drug-likeness (QED) is 0.571. The van der Waals surface area contributed by atoms with Crippen molar-refractivity contribution in [1.82, 2.24) is 4.98 Å². The average Bonchev–Trinajstić information content (AvgIpc) is 2.28. The fourth-order valence-corrected chi connectivity index (χ4v) is 1.86. The second kappa shape index (κ2) is 4.61. The number of aromatic nitrogens is 1. The highest BCUT2D eigenvalue weighted by atomic mass is 32.1. The molecule has 1 aromatic rings. The summed E-state index contributed by atoms with van der Waals surface area (Å²) < 4.78 is 0. The first kappa shape index (κ1) is 11.1. The van der Waals surface area contributed by atoms with Crippen LogP contribution in [-0.4, -0.2) is 23.2 Å². The molecule has 0 spiro atoms. The Balaban J connectivity index is 2.39. The maximum absolute atomic E-state index is 11.4. The van der Waals surface area contributed by atoms with E-state index in [1.54, 1.807) is 0 Å². The summed E-state index contributed by atoms with van der Waals surface area (Å²) in [6.45, 7) is 0.840. The number of nitrogens with one attached hydrogen (secondary N) is 3. The molecule has 1 amide bonds. The maximum Gasteiger partial charge on any atom is 0.251 e. The van der Waals surface area contributed by atoms with Crippen LogP contribution in [0.1, 0.15) is 12.0 Å². The largest absolute Gasteiger partial charge is 0.371 e. The summed E-state index contributed by atoms with van der Waals surface area (Å²) >= 11 is 3.88. The van der Waals surface area contributed by atoms with Gasteiger partial charge in [0, 0.05) is 18.2 Å². The van der Waals surface area contributed by atoms with E-state index < -0.39 is 0 Å². The van der Waals surface area contributed by atoms with Gasteiger partial charge in [0.1, 0.15) is 5.82 Å². The Morgan fingerprint density at radius 2 is 2.38 bits per heavy atom. The molecule has 6 heteroatoms. The molecule has 0 atom stereocenters. The average molecular weight is 239 g/mol. The smallest absolute Gasteiger partial charge is 0.251 e. The second-order valence-corrected chi connectivity index (χ2v) is 3.95. The molecule has 0 saturated carbocycles. The van der Waals surface area contributed by atoms with E-state index >= 15 is 0 Å². The van der Waals surface area contributed by atoms with Crippen molar-refractivity contribution in [3.8, 4) is 0 Å². The SMILES string of the molecule is O=C(CS)Nc1cc(=O)[nH]c2c1CCCN2. The molecule has 0 bridgehead atoms. The Kier molecular flexibility index (Phi) is 3.19. The van der Waals surface area contributed by atoms with E-state index in [0.29, 0.717) is 11.5 Å². The molecule has 0 aromatic carbocycles. The molecule has 0 fully saturated rings. The van der Waals surface area contributed by atoms with Gasteiger partial charge in [-0.1, -0.05) is 0 Å². The minimum atomic E-state index is -0.220. The molecule has 0 aliphatic carbocycles. The van der Waals surface area contributed by atoms with Crippen LogP contribution in [0.25, 0.3) is 0 Å². The van der Waals surface area contributed by atoms with Gasteiger partial charge >= 0.3 is 0 Å². The number of thiol groups is 1. The zero-order valence-electron chi connectivity index (χ0n) is 8.67. The van der Waals surface area contributed by atoms with Crippen molar-refractivity contribution in [2.24, 2.45) is 0 Å². The van der Waals surface area contributed by atoms with Crippen molar-refractivity contribution in [2.45, 2.75) is 12.8 Å². The predicted molar refractivity (Wildman–Crippen MR) is 66.4 cm³/mol. The second-order valence-electron chi connectivity index (χ2n) is 3.64. The predicted octanol–water partition coefficient (Wildman–Crippen LogP) is 0.601. The van der Waals surface area contributed by atoms with E-state index in [9.17, 15) is 9.59 Å². The topological polar surface area (TPSA) is 74.0 Å². The molecule has 0 radical (unpaired) electrons. The van der Waals surface area contributed by atoms with E-state index in [2.05, 4.69) is 28.2 Å². The highest BCUT2D eigenvalue weighted by Gasteiger charge is 2.15. The summed E-state index contributed by atoms with van der Waals surface area (Å²) in [5, 5.41) is 5.79. The van der Waals surface area contributed by atoms with Crippen LogP contribution in [0.4, 0.5) is 11.5 Å². The molecule has 1 aliphatic rings. The van der Waals surface area contributed by atoms with Crippen LogP contribution in [0.2, 0.25) is 0 Å². The molecule has 2 rings (SSSR count). The molecular weight excluding hydrogens is 226 g/mol. The standard InChI is InChI=1S/C10H13N3O2S/c14-8-4-7(12-9(15)5-16)6-2-1-3-11-10(6)13-8/h4,16H,1-3,5H2,(H3,11,12,13,14,15). The molecule has 1 aromatic heterocycles. The highest BCUT2D eigenvalue weighted by Crippen LogP contribution is 2.25. The molecule has 5 nitrogen and oxygen atoms in total. The summed E-state index contributed by atoms with van der Waals surface area (Å²) in [6, 6.07) is 1.41. The maximum atomic E-state index is 11.4. The Bertz CT molecular complexity index is 470. The van der Waals surface area contributed by atoms with Crippen molar-refractivity contribution in [2.75, 3.05) is 22.9 Å². The van der Waals surface area contributed by atoms with Crippen molar-refractivity contribution in [1.29, 1.82) is 0 Å². The van der Waals surface area contributed by atoms with E-state index in [4.69, 9.17) is 0 Å². The molecule has 3 N–H and O–H groups in total. The van der Waals surface area contributed by atoms with Gasteiger partial charge in [0.25, 0.3) is 5.56 Å². The van der Waals surface area contributed by atoms with Crippen LogP contribution >= 0.6 is 12.6 Å². The lowest BCUT2D eigenvalue weighted by Gasteiger charge is -2.20. The van der Waals surface area contributed by atoms with Crippen LogP contribution in [0.5, 0.6) is 0 Å². The summed E-state index contributed by atoms with van der Waals surface area (Å²) in [7, 11) is 0. The van der Waals surface area contributed by atoms with Gasteiger partial charge in [-0.2, -0.15) is 12.6 Å². The Labute approximate surface area is 98.0 Å². The summed E-state index contributed by atoms with van der Waals surface area (Å²) in [5.41, 5.74) is 1.33. The molecule has 86 valence electrons. The normalized spacial score (nSPS) is 13.8. The number of hydrogen-bond acceptors (Lipinski definition) is 4. The number of aromatic amines is 1. The van der Waals surface area contributed by atoms with Gasteiger partial charge in [-0.25, -0.2) is 0 Å². The lowest BCUT2D eigenvalue weighted by Crippen LogP contribution is -2.22. The van der Waals surface area contributed by atoms with E-state index in [0.717, 1.165) is 24.9 Å². The number of hydrogen-bond donors (Lipinski definition) is 4. The van der Waals surface area contributed by atoms with Crippen molar-refractivity contribution in [3.05, 3.63) is 22.0 Å². The third-order valence-electron chi connectivity index (χ3n) is 2.47. The number of amides is 1. The Hall–Kier alpha value is -1.43. The fourth-order valence-electron chi connectivity index (χ4n) is 1.78. The van der Waals surface area contributed by atoms with Crippen LogP contribution in [0.15, 0.2) is 10.9 Å². The van der Waals surface area contributed by atoms with Gasteiger partial charge in [-0.15, -0.1) is 0 Å². The van der Waals surface area contributed by atoms with Gasteiger partial charge in [0.05, 0.1) is 11.4 Å². The number of pyridine rings is 1. The number of rotatable bonds is 2. The first-order valence-electron chi connectivity index (χ1n) is 5.11. The van der Waals surface area contributed by atoms with Crippen molar-refractivity contribution >= 4 is 30.0 Å².